The molecule has 0 atom stereocenters. The Labute approximate surface area is 102 Å². The van der Waals surface area contributed by atoms with Crippen LogP contribution in [0.15, 0.2) is 18.2 Å². The van der Waals surface area contributed by atoms with Crippen molar-refractivity contribution in [2.75, 3.05) is 7.11 Å². The molecule has 0 aliphatic heterocycles. The Hall–Kier alpha value is -1.36. The molecule has 0 aromatic heterocycles. The van der Waals surface area contributed by atoms with Crippen molar-refractivity contribution in [3.8, 4) is 5.75 Å². The van der Waals surface area contributed by atoms with Crippen molar-refractivity contribution in [3.05, 3.63) is 29.3 Å². The highest BCUT2D eigenvalue weighted by Crippen LogP contribution is 2.21. The number of esters is 2. The Morgan fingerprint density at radius 2 is 2.06 bits per heavy atom. The fourth-order valence-electron chi connectivity index (χ4n) is 1.20. The summed E-state index contributed by atoms with van der Waals surface area (Å²) < 4.78 is 9.53. The lowest BCUT2D eigenvalue weighted by atomic mass is 10.1. The smallest absolute Gasteiger partial charge is 0.338 e. The van der Waals surface area contributed by atoms with E-state index >= 15 is 0 Å². The van der Waals surface area contributed by atoms with Gasteiger partial charge in [-0.15, -0.1) is 0 Å². The summed E-state index contributed by atoms with van der Waals surface area (Å²) in [6, 6.07) is 4.83. The summed E-state index contributed by atoms with van der Waals surface area (Å²) in [5.74, 6) is -0.552. The van der Waals surface area contributed by atoms with E-state index in [0.29, 0.717) is 16.6 Å². The molecule has 0 radical (unpaired) electrons. The van der Waals surface area contributed by atoms with Gasteiger partial charge in [0, 0.05) is 12.3 Å². The van der Waals surface area contributed by atoms with Gasteiger partial charge in [0.25, 0.3) is 0 Å². The minimum Gasteiger partial charge on any atom is -0.465 e. The Morgan fingerprint density at radius 1 is 1.38 bits per heavy atom. The molecule has 0 spiro atoms. The van der Waals surface area contributed by atoms with Gasteiger partial charge in [-0.1, -0.05) is 22.0 Å². The van der Waals surface area contributed by atoms with E-state index in [9.17, 15) is 9.59 Å². The highest BCUT2D eigenvalue weighted by molar-refractivity contribution is 9.08. The molecule has 0 amide bonds. The molecular formula is C11H11BrO4. The second-order valence-electron chi connectivity index (χ2n) is 3.04. The zero-order valence-corrected chi connectivity index (χ0v) is 10.5. The summed E-state index contributed by atoms with van der Waals surface area (Å²) in [6.07, 6.45) is 0. The van der Waals surface area contributed by atoms with Crippen LogP contribution in [0.1, 0.15) is 22.8 Å². The molecule has 1 aromatic carbocycles. The van der Waals surface area contributed by atoms with Gasteiger partial charge in [-0.05, 0) is 17.7 Å². The van der Waals surface area contributed by atoms with Crippen LogP contribution in [0.3, 0.4) is 0 Å². The van der Waals surface area contributed by atoms with Crippen LogP contribution in [0.25, 0.3) is 0 Å². The van der Waals surface area contributed by atoms with E-state index in [0.717, 1.165) is 5.56 Å². The van der Waals surface area contributed by atoms with Crippen molar-refractivity contribution < 1.29 is 19.1 Å². The summed E-state index contributed by atoms with van der Waals surface area (Å²) >= 11 is 3.27. The first-order valence-corrected chi connectivity index (χ1v) is 5.66. The van der Waals surface area contributed by atoms with Gasteiger partial charge in [-0.25, -0.2) is 4.79 Å². The number of alkyl halides is 1. The van der Waals surface area contributed by atoms with Crippen molar-refractivity contribution in [1.29, 1.82) is 0 Å². The zero-order chi connectivity index (χ0) is 12.1. The van der Waals surface area contributed by atoms with Crippen LogP contribution in [0.5, 0.6) is 5.75 Å². The zero-order valence-electron chi connectivity index (χ0n) is 8.95. The minimum absolute atomic E-state index is 0.331. The van der Waals surface area contributed by atoms with Crippen LogP contribution in [0.4, 0.5) is 0 Å². The topological polar surface area (TPSA) is 52.6 Å². The molecule has 4 nitrogen and oxygen atoms in total. The van der Waals surface area contributed by atoms with Gasteiger partial charge < -0.3 is 9.47 Å². The lowest BCUT2D eigenvalue weighted by Crippen LogP contribution is -2.07. The molecule has 16 heavy (non-hydrogen) atoms. The number of hydrogen-bond donors (Lipinski definition) is 0. The molecule has 1 aromatic rings. The van der Waals surface area contributed by atoms with Crippen LogP contribution >= 0.6 is 15.9 Å². The maximum Gasteiger partial charge on any atom is 0.338 e. The monoisotopic (exact) mass is 286 g/mol. The maximum absolute atomic E-state index is 11.4. The molecule has 0 aliphatic carbocycles. The van der Waals surface area contributed by atoms with Gasteiger partial charge in [-0.3, -0.25) is 4.79 Å². The van der Waals surface area contributed by atoms with Gasteiger partial charge >= 0.3 is 11.9 Å². The molecular weight excluding hydrogens is 276 g/mol. The number of halogens is 1. The van der Waals surface area contributed by atoms with E-state index in [1.54, 1.807) is 12.1 Å². The van der Waals surface area contributed by atoms with Crippen LogP contribution in [0, 0.1) is 0 Å². The highest BCUT2D eigenvalue weighted by atomic mass is 79.9. The predicted octanol–water partition coefficient (Wildman–Crippen LogP) is 2.29. The van der Waals surface area contributed by atoms with Crippen molar-refractivity contribution in [2.24, 2.45) is 0 Å². The summed E-state index contributed by atoms with van der Waals surface area (Å²) in [5.41, 5.74) is 1.17. The molecule has 1 rings (SSSR count). The number of methoxy groups -OCH3 is 1. The van der Waals surface area contributed by atoms with Gasteiger partial charge in [0.15, 0.2) is 0 Å². The summed E-state index contributed by atoms with van der Waals surface area (Å²) in [6.45, 7) is 1.30. The Kier molecular flexibility index (Phi) is 4.49. The van der Waals surface area contributed by atoms with E-state index < -0.39 is 11.9 Å². The number of ether oxygens (including phenoxy) is 2. The number of carbonyl (C=O) groups is 2. The van der Waals surface area contributed by atoms with Crippen molar-refractivity contribution in [3.63, 3.8) is 0 Å². The summed E-state index contributed by atoms with van der Waals surface area (Å²) in [5, 5.41) is 0.526. The Morgan fingerprint density at radius 3 is 2.56 bits per heavy atom. The summed E-state index contributed by atoms with van der Waals surface area (Å²) in [4.78, 5) is 22.2. The molecule has 0 saturated heterocycles. The third-order valence-electron chi connectivity index (χ3n) is 1.89. The first kappa shape index (κ1) is 12.7. The molecule has 0 aliphatic rings. The van der Waals surface area contributed by atoms with Gasteiger partial charge in [0.05, 0.1) is 12.7 Å². The van der Waals surface area contributed by atoms with Crippen LogP contribution in [-0.2, 0) is 14.9 Å². The summed E-state index contributed by atoms with van der Waals surface area (Å²) in [7, 11) is 1.30. The van der Waals surface area contributed by atoms with Crippen molar-refractivity contribution in [1.82, 2.24) is 0 Å². The average molecular weight is 287 g/mol. The van der Waals surface area contributed by atoms with E-state index in [1.807, 2.05) is 0 Å². The second-order valence-corrected chi connectivity index (χ2v) is 3.60. The molecule has 86 valence electrons. The van der Waals surface area contributed by atoms with Crippen molar-refractivity contribution >= 4 is 27.9 Å². The molecule has 5 heteroatoms. The quantitative estimate of drug-likeness (QED) is 0.486. The molecule has 0 heterocycles. The second kappa shape index (κ2) is 5.65. The van der Waals surface area contributed by atoms with Crippen molar-refractivity contribution in [2.45, 2.75) is 12.3 Å². The first-order valence-electron chi connectivity index (χ1n) is 4.54. The minimum atomic E-state index is -0.455. The lowest BCUT2D eigenvalue weighted by Gasteiger charge is -2.07. The van der Waals surface area contributed by atoms with E-state index in [4.69, 9.17) is 4.74 Å². The average Bonchev–Trinajstić information content (AvgIpc) is 2.27. The van der Waals surface area contributed by atoms with Gasteiger partial charge in [0.2, 0.25) is 0 Å². The number of rotatable bonds is 3. The predicted molar refractivity (Wildman–Crippen MR) is 61.7 cm³/mol. The highest BCUT2D eigenvalue weighted by Gasteiger charge is 2.13. The molecule has 0 unspecified atom stereocenters. The molecule has 0 N–H and O–H groups in total. The third kappa shape index (κ3) is 3.06. The van der Waals surface area contributed by atoms with Crippen LogP contribution < -0.4 is 4.74 Å². The maximum atomic E-state index is 11.4. The molecule has 0 bridgehead atoms. The largest absolute Gasteiger partial charge is 0.465 e. The lowest BCUT2D eigenvalue weighted by molar-refractivity contribution is -0.131. The third-order valence-corrected chi connectivity index (χ3v) is 2.50. The van der Waals surface area contributed by atoms with Crippen LogP contribution in [-0.4, -0.2) is 19.0 Å². The number of hydrogen-bond acceptors (Lipinski definition) is 4. The SMILES string of the molecule is COC(=O)c1cc(OC(C)=O)ccc1CBr. The Balaban J connectivity index is 3.10. The fraction of sp³-hybridized carbons (Fsp3) is 0.273. The van der Waals surface area contributed by atoms with Gasteiger partial charge in [-0.2, -0.15) is 0 Å². The number of carbonyl (C=O) groups excluding carboxylic acids is 2. The fourth-order valence-corrected chi connectivity index (χ4v) is 1.69. The van der Waals surface area contributed by atoms with Crippen LogP contribution in [0.2, 0.25) is 0 Å². The molecule has 0 saturated carbocycles. The Bertz CT molecular complexity index is 414. The number of benzene rings is 1. The molecule has 0 fully saturated rings. The van der Waals surface area contributed by atoms with E-state index in [-0.39, 0.29) is 0 Å². The van der Waals surface area contributed by atoms with E-state index in [1.165, 1.54) is 20.1 Å². The normalized spacial score (nSPS) is 9.69. The standard InChI is InChI=1S/C11H11BrO4/c1-7(13)16-9-4-3-8(6-12)10(5-9)11(14)15-2/h3-5H,6H2,1-2H3. The van der Waals surface area contributed by atoms with Gasteiger partial charge in [0.1, 0.15) is 5.75 Å². The van der Waals surface area contributed by atoms with E-state index in [2.05, 4.69) is 20.7 Å². The first-order chi connectivity index (χ1) is 7.58.